The van der Waals surface area contributed by atoms with Gasteiger partial charge >= 0.3 is 11.9 Å². The maximum absolute atomic E-state index is 12.9. The standard InChI is InChI=1S/C82H129NO8/c1-6-8-10-12-14-16-18-20-22-24-26-28-30-32-34-35-36-37-38-39-40-41-42-43-44-45-47-49-51-53-55-57-59-61-63-65-67-69-71-73-80(85)91-78(77-90-82(81(86)87)88-75-74-83(3,4)5)76-89-79(84)72-70-68-66-64-62-60-58-56-54-52-50-48-46-33-31-29-27-25-23-21-19-17-15-13-11-9-7-2/h8-11,14-17,20-23,26-29,32,34,36-37,39-40,42-43,45,47,51,53,57,59,63,65,78,82H,6-7,12-13,18-19,24-25,30-31,33,35,38,41,44,46,48-50,52,54-56,58,60-62,64,66-77H2,1-5H3/b10-8-,11-9-,16-14-,17-15-,22-20-,23-21-,28-26-,29-27-,34-32-,37-36-,40-39-,43-42-,47-45-,53-51-,59-57-,65-63-. The molecule has 0 aliphatic heterocycles. The van der Waals surface area contributed by atoms with Crippen LogP contribution in [0.4, 0.5) is 0 Å². The molecule has 0 heterocycles. The SMILES string of the molecule is CC/C=C\C/C=C\C/C=C\C/C=C\C/C=C\C/C=C\C/C=C\C/C=C\C/C=C\C/C=C\C/C=C\C/C=C\CCCCC(=O)OC(COC(=O)CCCCCCCCCCCCCCCC/C=C\C/C=C\C/C=C\C/C=C\CC)COC(OCC[N+](C)(C)C)C(=O)[O-]. The molecule has 0 saturated carbocycles. The molecule has 9 heteroatoms. The molecule has 0 rings (SSSR count). The van der Waals surface area contributed by atoms with Crippen LogP contribution < -0.4 is 5.11 Å². The van der Waals surface area contributed by atoms with Gasteiger partial charge in [-0.15, -0.1) is 0 Å². The molecule has 0 aromatic carbocycles. The average molecular weight is 1260 g/mol. The summed E-state index contributed by atoms with van der Waals surface area (Å²) in [7, 11) is 5.90. The van der Waals surface area contributed by atoms with Crippen molar-refractivity contribution in [2.75, 3.05) is 47.5 Å². The first-order chi connectivity index (χ1) is 44.6. The van der Waals surface area contributed by atoms with Gasteiger partial charge in [0.25, 0.3) is 0 Å². The average Bonchev–Trinajstić information content (AvgIpc) is 3.46. The second-order valence-electron chi connectivity index (χ2n) is 24.1. The van der Waals surface area contributed by atoms with Crippen LogP contribution in [0.25, 0.3) is 0 Å². The quantitative estimate of drug-likeness (QED) is 0.0195. The van der Waals surface area contributed by atoms with Crippen molar-refractivity contribution in [1.29, 1.82) is 0 Å². The van der Waals surface area contributed by atoms with E-state index in [0.717, 1.165) is 141 Å². The van der Waals surface area contributed by atoms with Gasteiger partial charge in [-0.1, -0.05) is 285 Å². The first-order valence-corrected chi connectivity index (χ1v) is 35.6. The summed E-state index contributed by atoms with van der Waals surface area (Å²) in [6.45, 7) is 4.45. The number of carbonyl (C=O) groups excluding carboxylic acids is 3. The van der Waals surface area contributed by atoms with E-state index < -0.39 is 24.3 Å². The summed E-state index contributed by atoms with van der Waals surface area (Å²) in [5.41, 5.74) is 0. The Morgan fingerprint density at radius 3 is 0.901 bits per heavy atom. The molecular weight excluding hydrogens is 1130 g/mol. The van der Waals surface area contributed by atoms with E-state index in [-0.39, 0.29) is 38.6 Å². The van der Waals surface area contributed by atoms with Crippen LogP contribution in [0.2, 0.25) is 0 Å². The van der Waals surface area contributed by atoms with Gasteiger partial charge in [-0.2, -0.15) is 0 Å². The zero-order valence-electron chi connectivity index (χ0n) is 58.1. The highest BCUT2D eigenvalue weighted by molar-refractivity contribution is 5.70. The Labute approximate surface area is 557 Å². The molecule has 2 unspecified atom stereocenters. The fraction of sp³-hybridized carbons (Fsp3) is 0.573. The number of likely N-dealkylation sites (N-methyl/N-ethyl adjacent to an activating group) is 1. The second-order valence-corrected chi connectivity index (χ2v) is 24.1. The van der Waals surface area contributed by atoms with Gasteiger partial charge in [0.2, 0.25) is 0 Å². The molecular formula is C82H129NO8. The summed E-state index contributed by atoms with van der Waals surface area (Å²) in [6, 6.07) is 0. The predicted octanol–water partition coefficient (Wildman–Crippen LogP) is 21.2. The molecule has 0 amide bonds. The number of ether oxygens (including phenoxy) is 4. The monoisotopic (exact) mass is 1260 g/mol. The van der Waals surface area contributed by atoms with Gasteiger partial charge < -0.3 is 33.3 Å². The number of rotatable bonds is 63. The highest BCUT2D eigenvalue weighted by atomic mass is 16.7. The number of allylic oxidation sites excluding steroid dienone is 32. The van der Waals surface area contributed by atoms with Gasteiger partial charge in [-0.25, -0.2) is 0 Å². The van der Waals surface area contributed by atoms with Gasteiger partial charge in [0.15, 0.2) is 12.4 Å². The van der Waals surface area contributed by atoms with E-state index in [1.807, 2.05) is 21.1 Å². The molecule has 0 aromatic rings. The van der Waals surface area contributed by atoms with Crippen LogP contribution in [-0.2, 0) is 33.3 Å². The number of carbonyl (C=O) groups is 3. The third kappa shape index (κ3) is 71.4. The Balaban J connectivity index is 4.27. The lowest BCUT2D eigenvalue weighted by molar-refractivity contribution is -0.870. The zero-order chi connectivity index (χ0) is 66.1. The molecule has 0 saturated heterocycles. The number of nitrogens with zero attached hydrogens (tertiary/aromatic N) is 1. The van der Waals surface area contributed by atoms with Crippen molar-refractivity contribution in [2.24, 2.45) is 0 Å². The molecule has 0 spiro atoms. The molecule has 510 valence electrons. The van der Waals surface area contributed by atoms with Crippen molar-refractivity contribution in [2.45, 2.75) is 257 Å². The second kappa shape index (κ2) is 70.0. The molecule has 0 radical (unpaired) electrons. The van der Waals surface area contributed by atoms with Crippen molar-refractivity contribution in [3.63, 3.8) is 0 Å². The summed E-state index contributed by atoms with van der Waals surface area (Å²) in [5.74, 6) is -2.36. The lowest BCUT2D eigenvalue weighted by Gasteiger charge is -2.26. The summed E-state index contributed by atoms with van der Waals surface area (Å²) < 4.78 is 22.7. The van der Waals surface area contributed by atoms with E-state index in [0.29, 0.717) is 17.4 Å². The Kier molecular flexibility index (Phi) is 65.5. The van der Waals surface area contributed by atoms with Gasteiger partial charge in [-0.3, -0.25) is 9.59 Å². The largest absolute Gasteiger partial charge is 0.545 e. The molecule has 0 fully saturated rings. The topological polar surface area (TPSA) is 111 Å². The summed E-state index contributed by atoms with van der Waals surface area (Å²) in [5, 5.41) is 11.8. The third-order valence-corrected chi connectivity index (χ3v) is 14.3. The summed E-state index contributed by atoms with van der Waals surface area (Å²) >= 11 is 0. The smallest absolute Gasteiger partial charge is 0.306 e. The van der Waals surface area contributed by atoms with Crippen molar-refractivity contribution in [1.82, 2.24) is 0 Å². The number of carboxylic acids is 1. The van der Waals surface area contributed by atoms with E-state index in [1.54, 1.807) is 0 Å². The molecule has 0 aromatic heterocycles. The Hall–Kier alpha value is -5.87. The third-order valence-electron chi connectivity index (χ3n) is 14.3. The summed E-state index contributed by atoms with van der Waals surface area (Å²) in [4.78, 5) is 37.5. The lowest BCUT2D eigenvalue weighted by atomic mass is 10.0. The molecule has 9 nitrogen and oxygen atoms in total. The minimum absolute atomic E-state index is 0.129. The number of hydrogen-bond acceptors (Lipinski definition) is 8. The van der Waals surface area contributed by atoms with E-state index >= 15 is 0 Å². The van der Waals surface area contributed by atoms with Crippen molar-refractivity contribution in [3.8, 4) is 0 Å². The van der Waals surface area contributed by atoms with Crippen molar-refractivity contribution < 1.29 is 42.9 Å². The fourth-order valence-corrected chi connectivity index (χ4v) is 8.98. The number of hydrogen-bond donors (Lipinski definition) is 0. The van der Waals surface area contributed by atoms with Crippen molar-refractivity contribution >= 4 is 17.9 Å². The highest BCUT2D eigenvalue weighted by Gasteiger charge is 2.22. The first kappa shape index (κ1) is 85.1. The van der Waals surface area contributed by atoms with Gasteiger partial charge in [0.05, 0.1) is 40.3 Å². The summed E-state index contributed by atoms with van der Waals surface area (Å²) in [6.07, 6.45) is 105. The van der Waals surface area contributed by atoms with Gasteiger partial charge in [0.1, 0.15) is 13.2 Å². The predicted molar refractivity (Wildman–Crippen MR) is 388 cm³/mol. The number of esters is 2. The first-order valence-electron chi connectivity index (χ1n) is 35.6. The molecule has 0 aliphatic carbocycles. The number of quaternary nitrogens is 1. The number of unbranched alkanes of at least 4 members (excludes halogenated alkanes) is 16. The maximum atomic E-state index is 12.9. The van der Waals surface area contributed by atoms with Crippen LogP contribution in [0.15, 0.2) is 194 Å². The Morgan fingerprint density at radius 1 is 0.330 bits per heavy atom. The number of aliphatic carboxylic acids is 1. The van der Waals surface area contributed by atoms with Crippen LogP contribution in [0, 0.1) is 0 Å². The fourth-order valence-electron chi connectivity index (χ4n) is 8.98. The normalized spacial score (nSPS) is 13.9. The molecule has 0 aliphatic rings. The zero-order valence-corrected chi connectivity index (χ0v) is 58.1. The van der Waals surface area contributed by atoms with Crippen LogP contribution in [-0.4, -0.2) is 82.3 Å². The van der Waals surface area contributed by atoms with E-state index in [2.05, 4.69) is 208 Å². The minimum atomic E-state index is -1.65. The van der Waals surface area contributed by atoms with Crippen LogP contribution in [0.3, 0.4) is 0 Å². The van der Waals surface area contributed by atoms with Crippen molar-refractivity contribution in [3.05, 3.63) is 194 Å². The Bertz CT molecular complexity index is 2200. The molecule has 2 atom stereocenters. The van der Waals surface area contributed by atoms with Crippen LogP contribution in [0.5, 0.6) is 0 Å². The van der Waals surface area contributed by atoms with Crippen LogP contribution in [0.1, 0.15) is 245 Å². The van der Waals surface area contributed by atoms with E-state index in [1.165, 1.54) is 70.6 Å². The van der Waals surface area contributed by atoms with Gasteiger partial charge in [0, 0.05) is 12.8 Å². The lowest BCUT2D eigenvalue weighted by Crippen LogP contribution is -2.44. The minimum Gasteiger partial charge on any atom is -0.545 e. The molecule has 0 bridgehead atoms. The highest BCUT2D eigenvalue weighted by Crippen LogP contribution is 2.15. The molecule has 91 heavy (non-hydrogen) atoms. The Morgan fingerprint density at radius 2 is 0.593 bits per heavy atom. The van der Waals surface area contributed by atoms with E-state index in [4.69, 9.17) is 18.9 Å². The van der Waals surface area contributed by atoms with Crippen LogP contribution >= 0.6 is 0 Å². The maximum Gasteiger partial charge on any atom is 0.306 e. The van der Waals surface area contributed by atoms with E-state index in [9.17, 15) is 19.5 Å². The number of carboxylic acid groups (broad SMARTS) is 1. The van der Waals surface area contributed by atoms with Gasteiger partial charge in [-0.05, 0) is 141 Å². The molecule has 0 N–H and O–H groups in total.